The third-order valence-electron chi connectivity index (χ3n) is 2.95. The van der Waals surface area contributed by atoms with Crippen LogP contribution in [0.25, 0.3) is 0 Å². The number of nitrogens with zero attached hydrogens (tertiary/aromatic N) is 1. The minimum absolute atomic E-state index is 0.266. The van der Waals surface area contributed by atoms with Crippen LogP contribution in [0.15, 0.2) is 5.16 Å². The van der Waals surface area contributed by atoms with Gasteiger partial charge in [-0.3, -0.25) is 0 Å². The van der Waals surface area contributed by atoms with Gasteiger partial charge in [0, 0.05) is 19.1 Å². The molecule has 0 unspecified atom stereocenters. The van der Waals surface area contributed by atoms with Crippen molar-refractivity contribution in [1.29, 1.82) is 0 Å². The van der Waals surface area contributed by atoms with Gasteiger partial charge in [0.2, 0.25) is 0 Å². The van der Waals surface area contributed by atoms with Crippen LogP contribution < -0.4 is 5.73 Å². The highest BCUT2D eigenvalue weighted by Crippen LogP contribution is 2.23. The van der Waals surface area contributed by atoms with Crippen molar-refractivity contribution in [2.24, 2.45) is 16.3 Å². The van der Waals surface area contributed by atoms with Gasteiger partial charge >= 0.3 is 0 Å². The summed E-state index contributed by atoms with van der Waals surface area (Å²) in [5.41, 5.74) is 5.35. The van der Waals surface area contributed by atoms with E-state index in [0.717, 1.165) is 19.3 Å². The highest BCUT2D eigenvalue weighted by Gasteiger charge is 2.22. The van der Waals surface area contributed by atoms with Crippen LogP contribution in [-0.4, -0.2) is 51.2 Å². The van der Waals surface area contributed by atoms with Crippen LogP contribution in [0.3, 0.4) is 0 Å². The zero-order valence-electron chi connectivity index (χ0n) is 12.4. The van der Waals surface area contributed by atoms with Crippen molar-refractivity contribution in [1.82, 2.24) is 0 Å². The monoisotopic (exact) mass is 276 g/mol. The maximum Gasteiger partial charge on any atom is 0.144 e. The largest absolute Gasteiger partial charge is 0.409 e. The zero-order chi connectivity index (χ0) is 14.6. The molecule has 0 radical (unpaired) electrons. The Hall–Kier alpha value is -0.850. The van der Waals surface area contributed by atoms with Crippen LogP contribution in [0.5, 0.6) is 0 Å². The molecular formula is C13H28N2O4. The van der Waals surface area contributed by atoms with E-state index in [1.54, 1.807) is 7.11 Å². The van der Waals surface area contributed by atoms with Crippen molar-refractivity contribution in [3.8, 4) is 0 Å². The third-order valence-corrected chi connectivity index (χ3v) is 2.95. The van der Waals surface area contributed by atoms with E-state index < -0.39 is 0 Å². The molecule has 0 spiro atoms. The Balaban J connectivity index is 3.36. The number of unbranched alkanes of at least 4 members (excludes halogenated alkanes) is 1. The van der Waals surface area contributed by atoms with Crippen molar-refractivity contribution in [2.75, 3.05) is 40.1 Å². The fourth-order valence-corrected chi connectivity index (χ4v) is 1.50. The number of ether oxygens (including phenoxy) is 3. The first-order valence-electron chi connectivity index (χ1n) is 6.67. The van der Waals surface area contributed by atoms with Crippen LogP contribution in [0, 0.1) is 5.41 Å². The molecule has 0 atom stereocenters. The third kappa shape index (κ3) is 9.69. The minimum Gasteiger partial charge on any atom is -0.409 e. The van der Waals surface area contributed by atoms with E-state index in [-0.39, 0.29) is 11.3 Å². The number of nitrogens with two attached hydrogens (primary N) is 1. The molecule has 0 fully saturated rings. The molecule has 0 bridgehead atoms. The molecule has 19 heavy (non-hydrogen) atoms. The molecule has 6 heteroatoms. The summed E-state index contributed by atoms with van der Waals surface area (Å²) in [7, 11) is 1.65. The number of amidine groups is 1. The molecular weight excluding hydrogens is 248 g/mol. The Bertz CT molecular complexity index is 245. The van der Waals surface area contributed by atoms with Gasteiger partial charge in [-0.05, 0) is 12.8 Å². The van der Waals surface area contributed by atoms with Gasteiger partial charge in [0.1, 0.15) is 5.84 Å². The number of methoxy groups -OCH3 is 1. The average Bonchev–Trinajstić information content (AvgIpc) is 2.39. The molecule has 0 aliphatic rings. The number of hydrogen-bond donors (Lipinski definition) is 2. The summed E-state index contributed by atoms with van der Waals surface area (Å²) in [6.45, 7) is 7.06. The van der Waals surface area contributed by atoms with Crippen molar-refractivity contribution in [3.05, 3.63) is 0 Å². The smallest absolute Gasteiger partial charge is 0.144 e. The first kappa shape index (κ1) is 18.1. The van der Waals surface area contributed by atoms with E-state index in [1.807, 2.05) is 13.8 Å². The second-order valence-corrected chi connectivity index (χ2v) is 5.04. The molecule has 0 aromatic carbocycles. The van der Waals surface area contributed by atoms with Crippen LogP contribution in [-0.2, 0) is 14.2 Å². The Labute approximate surface area is 115 Å². The number of rotatable bonds is 12. The van der Waals surface area contributed by atoms with E-state index in [1.165, 1.54) is 0 Å². The summed E-state index contributed by atoms with van der Waals surface area (Å²) in [5, 5.41) is 11.7. The predicted molar refractivity (Wildman–Crippen MR) is 74.6 cm³/mol. The molecule has 0 aromatic rings. The second kappa shape index (κ2) is 11.0. The maximum atomic E-state index is 8.65. The normalized spacial score (nSPS) is 12.9. The summed E-state index contributed by atoms with van der Waals surface area (Å²) >= 11 is 0. The number of oxime groups is 1. The van der Waals surface area contributed by atoms with E-state index in [2.05, 4.69) is 5.16 Å². The number of hydrogen-bond acceptors (Lipinski definition) is 5. The Morgan fingerprint density at radius 2 is 1.63 bits per heavy atom. The Morgan fingerprint density at radius 3 is 2.21 bits per heavy atom. The molecule has 0 heterocycles. The van der Waals surface area contributed by atoms with Crippen LogP contribution >= 0.6 is 0 Å². The SMILES string of the molecule is COCCOCCOCCCCC(C)(C)C(N)=NO. The van der Waals surface area contributed by atoms with Gasteiger partial charge in [-0.25, -0.2) is 0 Å². The van der Waals surface area contributed by atoms with Crippen molar-refractivity contribution in [2.45, 2.75) is 33.1 Å². The van der Waals surface area contributed by atoms with Gasteiger partial charge in [0.05, 0.1) is 26.4 Å². The second-order valence-electron chi connectivity index (χ2n) is 5.04. The lowest BCUT2D eigenvalue weighted by molar-refractivity contribution is 0.0237. The lowest BCUT2D eigenvalue weighted by atomic mass is 9.86. The van der Waals surface area contributed by atoms with Gasteiger partial charge in [-0.1, -0.05) is 25.4 Å². The van der Waals surface area contributed by atoms with Crippen LogP contribution in [0.2, 0.25) is 0 Å². The van der Waals surface area contributed by atoms with Crippen molar-refractivity contribution >= 4 is 5.84 Å². The van der Waals surface area contributed by atoms with E-state index in [4.69, 9.17) is 25.2 Å². The zero-order valence-corrected chi connectivity index (χ0v) is 12.4. The van der Waals surface area contributed by atoms with Crippen LogP contribution in [0.4, 0.5) is 0 Å². The molecule has 0 saturated carbocycles. The molecule has 0 aromatic heterocycles. The maximum absolute atomic E-state index is 8.65. The van der Waals surface area contributed by atoms with Crippen LogP contribution in [0.1, 0.15) is 33.1 Å². The first-order valence-corrected chi connectivity index (χ1v) is 6.67. The summed E-state index contributed by atoms with van der Waals surface area (Å²) in [6.07, 6.45) is 2.81. The van der Waals surface area contributed by atoms with Gasteiger partial charge in [0.15, 0.2) is 0 Å². The molecule has 0 aliphatic heterocycles. The van der Waals surface area contributed by atoms with E-state index in [9.17, 15) is 0 Å². The highest BCUT2D eigenvalue weighted by molar-refractivity contribution is 5.85. The summed E-state index contributed by atoms with van der Waals surface area (Å²) in [5.74, 6) is 0.278. The fraction of sp³-hybridized carbons (Fsp3) is 0.923. The molecule has 0 rings (SSSR count). The topological polar surface area (TPSA) is 86.3 Å². The molecule has 3 N–H and O–H groups in total. The van der Waals surface area contributed by atoms with Gasteiger partial charge in [0.25, 0.3) is 0 Å². The lowest BCUT2D eigenvalue weighted by Gasteiger charge is -2.22. The fourth-order valence-electron chi connectivity index (χ4n) is 1.50. The summed E-state index contributed by atoms with van der Waals surface area (Å²) in [4.78, 5) is 0. The molecule has 6 nitrogen and oxygen atoms in total. The molecule has 114 valence electrons. The molecule has 0 aliphatic carbocycles. The van der Waals surface area contributed by atoms with E-state index >= 15 is 0 Å². The average molecular weight is 276 g/mol. The standard InChI is InChI=1S/C13H28N2O4/c1-13(2,12(14)15-16)6-4-5-7-18-10-11-19-9-8-17-3/h16H,4-11H2,1-3H3,(H2,14,15). The van der Waals surface area contributed by atoms with E-state index in [0.29, 0.717) is 33.0 Å². The summed E-state index contributed by atoms with van der Waals surface area (Å²) < 4.78 is 15.6. The summed E-state index contributed by atoms with van der Waals surface area (Å²) in [6, 6.07) is 0. The van der Waals surface area contributed by atoms with Gasteiger partial charge < -0.3 is 25.2 Å². The van der Waals surface area contributed by atoms with Crippen molar-refractivity contribution < 1.29 is 19.4 Å². The minimum atomic E-state index is -0.266. The highest BCUT2D eigenvalue weighted by atomic mass is 16.5. The first-order chi connectivity index (χ1) is 9.04. The lowest BCUT2D eigenvalue weighted by Crippen LogP contribution is -2.31. The Kier molecular flexibility index (Phi) is 10.5. The van der Waals surface area contributed by atoms with Gasteiger partial charge in [-0.2, -0.15) is 0 Å². The predicted octanol–water partition coefficient (Wildman–Crippen LogP) is 1.61. The molecule has 0 saturated heterocycles. The van der Waals surface area contributed by atoms with Crippen molar-refractivity contribution in [3.63, 3.8) is 0 Å². The van der Waals surface area contributed by atoms with Gasteiger partial charge in [-0.15, -0.1) is 0 Å². The quantitative estimate of drug-likeness (QED) is 0.186. The Morgan fingerprint density at radius 1 is 1.05 bits per heavy atom. The molecule has 0 amide bonds.